The van der Waals surface area contributed by atoms with Crippen molar-refractivity contribution in [1.29, 1.82) is 0 Å². The molecule has 0 radical (unpaired) electrons. The Morgan fingerprint density at radius 1 is 1.33 bits per heavy atom. The molecule has 3 rings (SSSR count). The molecule has 0 N–H and O–H groups in total. The van der Waals surface area contributed by atoms with E-state index in [1.807, 2.05) is 4.90 Å². The molecule has 0 bridgehead atoms. The molecule has 1 atom stereocenters. The summed E-state index contributed by atoms with van der Waals surface area (Å²) >= 11 is 0. The summed E-state index contributed by atoms with van der Waals surface area (Å²) in [6.07, 6.45) is 5.32. The molecule has 1 aromatic heterocycles. The number of aryl methyl sites for hydroxylation is 1. The molecule has 116 valence electrons. The summed E-state index contributed by atoms with van der Waals surface area (Å²) < 4.78 is 10.8. The first-order chi connectivity index (χ1) is 10.3. The van der Waals surface area contributed by atoms with E-state index in [-0.39, 0.29) is 17.9 Å². The van der Waals surface area contributed by atoms with Crippen LogP contribution in [0.5, 0.6) is 0 Å². The number of likely N-dealkylation sites (tertiary alicyclic amines) is 1. The molecular formula is C15H23N3O3. The smallest absolute Gasteiger partial charge is 0.251 e. The summed E-state index contributed by atoms with van der Waals surface area (Å²) in [5, 5.41) is 4.01. The van der Waals surface area contributed by atoms with Gasteiger partial charge in [-0.05, 0) is 32.1 Å². The van der Waals surface area contributed by atoms with Crippen molar-refractivity contribution in [1.82, 2.24) is 15.0 Å². The maximum Gasteiger partial charge on any atom is 0.251 e. The molecule has 0 saturated carbocycles. The Morgan fingerprint density at radius 3 is 2.81 bits per heavy atom. The zero-order valence-electron chi connectivity index (χ0n) is 12.6. The van der Waals surface area contributed by atoms with Gasteiger partial charge in [0, 0.05) is 32.0 Å². The van der Waals surface area contributed by atoms with E-state index in [1.54, 1.807) is 0 Å². The third kappa shape index (κ3) is 3.26. The van der Waals surface area contributed by atoms with Crippen molar-refractivity contribution in [2.75, 3.05) is 19.7 Å². The lowest BCUT2D eigenvalue weighted by Gasteiger charge is -2.31. The van der Waals surface area contributed by atoms with E-state index in [4.69, 9.17) is 9.26 Å². The zero-order chi connectivity index (χ0) is 14.7. The Bertz CT molecular complexity index is 474. The van der Waals surface area contributed by atoms with Crippen LogP contribution in [0, 0.1) is 0 Å². The van der Waals surface area contributed by atoms with E-state index < -0.39 is 0 Å². The van der Waals surface area contributed by atoms with Crippen LogP contribution in [0.2, 0.25) is 0 Å². The molecule has 0 aromatic carbocycles. The summed E-state index contributed by atoms with van der Waals surface area (Å²) in [5.41, 5.74) is 0. The fourth-order valence-electron chi connectivity index (χ4n) is 3.08. The molecule has 2 aliphatic rings. The average Bonchev–Trinajstić information content (AvgIpc) is 3.19. The van der Waals surface area contributed by atoms with Crippen LogP contribution in [-0.2, 0) is 16.0 Å². The van der Waals surface area contributed by atoms with Crippen molar-refractivity contribution in [3.05, 3.63) is 11.7 Å². The Morgan fingerprint density at radius 2 is 2.14 bits per heavy atom. The molecule has 6 heteroatoms. The van der Waals surface area contributed by atoms with E-state index in [1.165, 1.54) is 0 Å². The SMILES string of the molecule is CCCc1noc(C2CCN(C(=O)C3CCCO3)CC2)n1. The minimum absolute atomic E-state index is 0.156. The third-order valence-electron chi connectivity index (χ3n) is 4.32. The summed E-state index contributed by atoms with van der Waals surface area (Å²) in [4.78, 5) is 18.7. The van der Waals surface area contributed by atoms with E-state index in [0.29, 0.717) is 0 Å². The van der Waals surface area contributed by atoms with Crippen molar-refractivity contribution in [3.63, 3.8) is 0 Å². The first-order valence-electron chi connectivity index (χ1n) is 8.00. The van der Waals surface area contributed by atoms with Gasteiger partial charge in [0.25, 0.3) is 5.91 Å². The van der Waals surface area contributed by atoms with Gasteiger partial charge < -0.3 is 14.2 Å². The number of piperidine rings is 1. The molecule has 1 aromatic rings. The maximum atomic E-state index is 12.3. The van der Waals surface area contributed by atoms with Crippen LogP contribution in [0.15, 0.2) is 4.52 Å². The number of rotatable bonds is 4. The van der Waals surface area contributed by atoms with Gasteiger partial charge in [-0.2, -0.15) is 4.98 Å². The highest BCUT2D eigenvalue weighted by Crippen LogP contribution is 2.28. The predicted octanol–water partition coefficient (Wildman–Crippen LogP) is 1.91. The highest BCUT2D eigenvalue weighted by molar-refractivity contribution is 5.81. The standard InChI is InChI=1S/C15H23N3O3/c1-2-4-13-16-14(21-17-13)11-6-8-18(9-7-11)15(19)12-5-3-10-20-12/h11-12H,2-10H2,1H3. The number of hydrogen-bond acceptors (Lipinski definition) is 5. The fourth-order valence-corrected chi connectivity index (χ4v) is 3.08. The van der Waals surface area contributed by atoms with Gasteiger partial charge in [0.15, 0.2) is 5.82 Å². The van der Waals surface area contributed by atoms with Crippen molar-refractivity contribution in [3.8, 4) is 0 Å². The zero-order valence-corrected chi connectivity index (χ0v) is 12.6. The first kappa shape index (κ1) is 14.5. The van der Waals surface area contributed by atoms with E-state index in [2.05, 4.69) is 17.1 Å². The lowest BCUT2D eigenvalue weighted by Crippen LogP contribution is -2.43. The van der Waals surface area contributed by atoms with Gasteiger partial charge in [-0.15, -0.1) is 0 Å². The molecule has 6 nitrogen and oxygen atoms in total. The van der Waals surface area contributed by atoms with Gasteiger partial charge in [0.05, 0.1) is 0 Å². The molecule has 21 heavy (non-hydrogen) atoms. The van der Waals surface area contributed by atoms with Gasteiger partial charge in [-0.1, -0.05) is 12.1 Å². The Hall–Kier alpha value is -1.43. The Labute approximate surface area is 124 Å². The second-order valence-corrected chi connectivity index (χ2v) is 5.90. The monoisotopic (exact) mass is 293 g/mol. The molecule has 0 spiro atoms. The van der Waals surface area contributed by atoms with Gasteiger partial charge in [-0.25, -0.2) is 0 Å². The van der Waals surface area contributed by atoms with Crippen LogP contribution in [-0.4, -0.2) is 46.7 Å². The number of carbonyl (C=O) groups excluding carboxylic acids is 1. The quantitative estimate of drug-likeness (QED) is 0.848. The third-order valence-corrected chi connectivity index (χ3v) is 4.32. The van der Waals surface area contributed by atoms with Crippen LogP contribution < -0.4 is 0 Å². The van der Waals surface area contributed by atoms with Gasteiger partial charge >= 0.3 is 0 Å². The van der Waals surface area contributed by atoms with Crippen LogP contribution in [0.4, 0.5) is 0 Å². The number of amides is 1. The van der Waals surface area contributed by atoms with Crippen molar-refractivity contribution < 1.29 is 14.1 Å². The van der Waals surface area contributed by atoms with Crippen molar-refractivity contribution >= 4 is 5.91 Å². The lowest BCUT2D eigenvalue weighted by atomic mass is 9.96. The van der Waals surface area contributed by atoms with E-state index >= 15 is 0 Å². The van der Waals surface area contributed by atoms with Crippen LogP contribution in [0.25, 0.3) is 0 Å². The van der Waals surface area contributed by atoms with Gasteiger partial charge in [-0.3, -0.25) is 4.79 Å². The fraction of sp³-hybridized carbons (Fsp3) is 0.800. The predicted molar refractivity (Wildman–Crippen MR) is 75.8 cm³/mol. The molecule has 1 amide bonds. The minimum Gasteiger partial charge on any atom is -0.368 e. The van der Waals surface area contributed by atoms with Crippen LogP contribution in [0.1, 0.15) is 56.7 Å². The summed E-state index contributed by atoms with van der Waals surface area (Å²) in [6.45, 7) is 4.34. The summed E-state index contributed by atoms with van der Waals surface area (Å²) in [6, 6.07) is 0. The largest absolute Gasteiger partial charge is 0.368 e. The molecule has 2 aliphatic heterocycles. The van der Waals surface area contributed by atoms with Gasteiger partial charge in [0.2, 0.25) is 5.89 Å². The molecule has 1 unspecified atom stereocenters. The number of aromatic nitrogens is 2. The van der Waals surface area contributed by atoms with E-state index in [9.17, 15) is 4.79 Å². The van der Waals surface area contributed by atoms with Crippen molar-refractivity contribution in [2.45, 2.75) is 57.5 Å². The number of carbonyl (C=O) groups is 1. The number of nitrogens with zero attached hydrogens (tertiary/aromatic N) is 3. The Balaban J connectivity index is 1.53. The van der Waals surface area contributed by atoms with Crippen molar-refractivity contribution in [2.24, 2.45) is 0 Å². The molecule has 3 heterocycles. The molecular weight excluding hydrogens is 270 g/mol. The Kier molecular flexibility index (Phi) is 4.53. The molecule has 0 aliphatic carbocycles. The second-order valence-electron chi connectivity index (χ2n) is 5.90. The minimum atomic E-state index is -0.207. The second kappa shape index (κ2) is 6.56. The topological polar surface area (TPSA) is 68.5 Å². The van der Waals surface area contributed by atoms with E-state index in [0.717, 1.165) is 69.9 Å². The normalized spacial score (nSPS) is 23.7. The van der Waals surface area contributed by atoms with Crippen LogP contribution in [0.3, 0.4) is 0 Å². The average molecular weight is 293 g/mol. The summed E-state index contributed by atoms with van der Waals surface area (Å²) in [7, 11) is 0. The number of hydrogen-bond donors (Lipinski definition) is 0. The highest BCUT2D eigenvalue weighted by Gasteiger charge is 2.32. The molecule has 2 saturated heterocycles. The highest BCUT2D eigenvalue weighted by atomic mass is 16.5. The first-order valence-corrected chi connectivity index (χ1v) is 8.00. The number of ether oxygens (including phenoxy) is 1. The van der Waals surface area contributed by atoms with Gasteiger partial charge in [0.1, 0.15) is 6.10 Å². The maximum absolute atomic E-state index is 12.3. The van der Waals surface area contributed by atoms with Crippen LogP contribution >= 0.6 is 0 Å². The molecule has 2 fully saturated rings. The lowest BCUT2D eigenvalue weighted by molar-refractivity contribution is -0.142. The summed E-state index contributed by atoms with van der Waals surface area (Å²) in [5.74, 6) is 1.98.